The highest BCUT2D eigenvalue weighted by molar-refractivity contribution is 7.20. The zero-order chi connectivity index (χ0) is 16.4. The second kappa shape index (κ2) is 6.34. The lowest BCUT2D eigenvalue weighted by molar-refractivity contribution is 0.0957. The average molecular weight is 327 g/mol. The maximum Gasteiger partial charge on any atom is 0.261 e. The predicted molar refractivity (Wildman–Crippen MR) is 92.2 cm³/mol. The molecule has 0 aliphatic rings. The Kier molecular flexibility index (Phi) is 4.25. The van der Waals surface area contributed by atoms with E-state index in [0.717, 1.165) is 6.42 Å². The Morgan fingerprint density at radius 3 is 2.70 bits per heavy atom. The number of aromatic nitrogens is 2. The second-order valence-electron chi connectivity index (χ2n) is 5.46. The lowest BCUT2D eigenvalue weighted by Gasteiger charge is -2.05. The predicted octanol–water partition coefficient (Wildman–Crippen LogP) is 2.57. The second-order valence-corrected chi connectivity index (χ2v) is 6.46. The van der Waals surface area contributed by atoms with Crippen LogP contribution in [0.25, 0.3) is 10.2 Å². The van der Waals surface area contributed by atoms with Crippen LogP contribution in [0.1, 0.15) is 26.4 Å². The molecule has 1 amide bonds. The zero-order valence-corrected chi connectivity index (χ0v) is 13.8. The number of benzene rings is 1. The van der Waals surface area contributed by atoms with Crippen molar-refractivity contribution >= 4 is 27.5 Å². The lowest BCUT2D eigenvalue weighted by atomic mass is 10.1. The van der Waals surface area contributed by atoms with Crippen molar-refractivity contribution in [1.29, 1.82) is 0 Å². The molecule has 0 saturated heterocycles. The number of nitrogens with one attached hydrogen (secondary N) is 2. The Hall–Kier alpha value is -2.47. The average Bonchev–Trinajstić information content (AvgIpc) is 2.88. The molecule has 3 rings (SSSR count). The van der Waals surface area contributed by atoms with Crippen molar-refractivity contribution in [2.24, 2.45) is 0 Å². The number of thiophene rings is 1. The van der Waals surface area contributed by atoms with E-state index >= 15 is 0 Å². The number of hydrogen-bond acceptors (Lipinski definition) is 4. The number of amides is 1. The van der Waals surface area contributed by atoms with Crippen LogP contribution < -0.4 is 10.9 Å². The fraction of sp³-hybridized carbons (Fsp3) is 0.235. The first kappa shape index (κ1) is 15.4. The van der Waals surface area contributed by atoms with Crippen molar-refractivity contribution in [3.8, 4) is 0 Å². The summed E-state index contributed by atoms with van der Waals surface area (Å²) in [6, 6.07) is 8.25. The van der Waals surface area contributed by atoms with Gasteiger partial charge in [0.15, 0.2) is 0 Å². The minimum absolute atomic E-state index is 0.156. The van der Waals surface area contributed by atoms with E-state index in [0.29, 0.717) is 27.2 Å². The third-order valence-corrected chi connectivity index (χ3v) is 4.96. The summed E-state index contributed by atoms with van der Waals surface area (Å²) in [5.41, 5.74) is 2.88. The third-order valence-electron chi connectivity index (χ3n) is 3.76. The van der Waals surface area contributed by atoms with Crippen LogP contribution >= 0.6 is 11.3 Å². The van der Waals surface area contributed by atoms with Gasteiger partial charge >= 0.3 is 0 Å². The molecule has 0 aliphatic heterocycles. The van der Waals surface area contributed by atoms with E-state index in [2.05, 4.69) is 39.6 Å². The van der Waals surface area contributed by atoms with E-state index in [4.69, 9.17) is 0 Å². The zero-order valence-electron chi connectivity index (χ0n) is 13.0. The van der Waals surface area contributed by atoms with Gasteiger partial charge < -0.3 is 10.3 Å². The van der Waals surface area contributed by atoms with Crippen LogP contribution in [-0.4, -0.2) is 22.4 Å². The van der Waals surface area contributed by atoms with Crippen LogP contribution in [0.3, 0.4) is 0 Å². The highest BCUT2D eigenvalue weighted by Crippen LogP contribution is 2.26. The molecule has 0 radical (unpaired) electrons. The molecule has 2 aromatic heterocycles. The number of nitrogens with zero attached hydrogens (tertiary/aromatic N) is 1. The molecular weight excluding hydrogens is 310 g/mol. The highest BCUT2D eigenvalue weighted by Gasteiger charge is 2.17. The number of aromatic amines is 1. The summed E-state index contributed by atoms with van der Waals surface area (Å²) in [5, 5.41) is 3.42. The van der Waals surface area contributed by atoms with Crippen molar-refractivity contribution in [3.63, 3.8) is 0 Å². The molecule has 0 aliphatic carbocycles. The highest BCUT2D eigenvalue weighted by atomic mass is 32.1. The molecule has 0 spiro atoms. The van der Waals surface area contributed by atoms with Crippen molar-refractivity contribution in [2.45, 2.75) is 20.3 Å². The molecule has 0 fully saturated rings. The molecular formula is C17H17N3O2S. The molecule has 2 heterocycles. The summed E-state index contributed by atoms with van der Waals surface area (Å²) in [7, 11) is 0. The van der Waals surface area contributed by atoms with Crippen LogP contribution in [0, 0.1) is 13.8 Å². The molecule has 23 heavy (non-hydrogen) atoms. The summed E-state index contributed by atoms with van der Waals surface area (Å²) in [4.78, 5) is 32.0. The van der Waals surface area contributed by atoms with Gasteiger partial charge in [-0.05, 0) is 31.4 Å². The Labute approximate surface area is 137 Å². The first-order chi connectivity index (χ1) is 11.1. The molecule has 2 N–H and O–H groups in total. The van der Waals surface area contributed by atoms with Gasteiger partial charge in [0.05, 0.1) is 16.6 Å². The van der Waals surface area contributed by atoms with E-state index in [9.17, 15) is 9.59 Å². The number of rotatable bonds is 4. The number of fused-ring (bicyclic) bond motifs is 1. The number of aryl methyl sites for hydroxylation is 2. The van der Waals surface area contributed by atoms with Crippen molar-refractivity contribution in [2.75, 3.05) is 6.54 Å². The van der Waals surface area contributed by atoms with Crippen LogP contribution in [0.2, 0.25) is 0 Å². The molecule has 118 valence electrons. The Balaban J connectivity index is 1.71. The first-order valence-corrected chi connectivity index (χ1v) is 8.18. The maximum atomic E-state index is 12.4. The summed E-state index contributed by atoms with van der Waals surface area (Å²) in [5.74, 6) is -0.156. The summed E-state index contributed by atoms with van der Waals surface area (Å²) < 4.78 is 0. The van der Waals surface area contributed by atoms with Crippen LogP contribution in [0.15, 0.2) is 35.4 Å². The minimum atomic E-state index is -0.206. The van der Waals surface area contributed by atoms with E-state index in [-0.39, 0.29) is 11.5 Å². The van der Waals surface area contributed by atoms with E-state index < -0.39 is 0 Å². The molecule has 0 unspecified atom stereocenters. The fourth-order valence-corrected chi connectivity index (χ4v) is 3.52. The SMILES string of the molecule is Cc1ccc(CCNC(=O)c2sc3nc[nH]c(=O)c3c2C)cc1. The summed E-state index contributed by atoms with van der Waals surface area (Å²) in [6.07, 6.45) is 2.13. The standard InChI is InChI=1S/C17H17N3O2S/c1-10-3-5-12(6-4-10)7-8-18-16(22)14-11(2)13-15(21)19-9-20-17(13)23-14/h3-6,9H,7-8H2,1-2H3,(H,18,22)(H,19,20,21). The quantitative estimate of drug-likeness (QED) is 0.773. The van der Waals surface area contributed by atoms with Gasteiger partial charge in [0.2, 0.25) is 0 Å². The first-order valence-electron chi connectivity index (χ1n) is 7.37. The van der Waals surface area contributed by atoms with Gasteiger partial charge in [0, 0.05) is 6.54 Å². The number of carbonyl (C=O) groups is 1. The molecule has 1 aromatic carbocycles. The van der Waals surface area contributed by atoms with Gasteiger partial charge in [-0.2, -0.15) is 0 Å². The van der Waals surface area contributed by atoms with Crippen LogP contribution in [0.4, 0.5) is 0 Å². The third kappa shape index (κ3) is 3.17. The topological polar surface area (TPSA) is 74.8 Å². The van der Waals surface area contributed by atoms with Crippen LogP contribution in [0.5, 0.6) is 0 Å². The minimum Gasteiger partial charge on any atom is -0.351 e. The van der Waals surface area contributed by atoms with Gasteiger partial charge in [-0.1, -0.05) is 29.8 Å². The van der Waals surface area contributed by atoms with Gasteiger partial charge in [0.25, 0.3) is 11.5 Å². The molecule has 0 saturated carbocycles. The monoisotopic (exact) mass is 327 g/mol. The van der Waals surface area contributed by atoms with Crippen molar-refractivity contribution in [1.82, 2.24) is 15.3 Å². The molecule has 5 nitrogen and oxygen atoms in total. The summed E-state index contributed by atoms with van der Waals surface area (Å²) >= 11 is 1.25. The molecule has 0 bridgehead atoms. The Morgan fingerprint density at radius 2 is 2.00 bits per heavy atom. The molecule has 0 atom stereocenters. The van der Waals surface area contributed by atoms with Gasteiger partial charge in [-0.3, -0.25) is 9.59 Å². The normalized spacial score (nSPS) is 10.9. The van der Waals surface area contributed by atoms with E-state index in [1.54, 1.807) is 6.92 Å². The summed E-state index contributed by atoms with van der Waals surface area (Å²) in [6.45, 7) is 4.38. The lowest BCUT2D eigenvalue weighted by Crippen LogP contribution is -2.25. The van der Waals surface area contributed by atoms with Crippen molar-refractivity contribution < 1.29 is 4.79 Å². The maximum absolute atomic E-state index is 12.4. The Morgan fingerprint density at radius 1 is 1.26 bits per heavy atom. The number of carbonyl (C=O) groups excluding carboxylic acids is 1. The fourth-order valence-electron chi connectivity index (χ4n) is 2.45. The van der Waals surface area contributed by atoms with E-state index in [1.807, 2.05) is 6.92 Å². The van der Waals surface area contributed by atoms with Crippen LogP contribution in [-0.2, 0) is 6.42 Å². The molecule has 6 heteroatoms. The number of H-pyrrole nitrogens is 1. The van der Waals surface area contributed by atoms with Gasteiger partial charge in [0.1, 0.15) is 4.83 Å². The smallest absolute Gasteiger partial charge is 0.261 e. The Bertz CT molecular complexity index is 910. The largest absolute Gasteiger partial charge is 0.351 e. The van der Waals surface area contributed by atoms with Crippen molar-refractivity contribution in [3.05, 3.63) is 62.5 Å². The van der Waals surface area contributed by atoms with Gasteiger partial charge in [-0.25, -0.2) is 4.98 Å². The van der Waals surface area contributed by atoms with Gasteiger partial charge in [-0.15, -0.1) is 11.3 Å². The molecule has 3 aromatic rings. The van der Waals surface area contributed by atoms with E-state index in [1.165, 1.54) is 28.8 Å². The number of hydrogen-bond donors (Lipinski definition) is 2.